The van der Waals surface area contributed by atoms with E-state index in [2.05, 4.69) is 20.4 Å². The van der Waals surface area contributed by atoms with E-state index in [1.54, 1.807) is 19.1 Å². The van der Waals surface area contributed by atoms with Crippen LogP contribution in [-0.4, -0.2) is 20.4 Å². The Bertz CT molecular complexity index is 445. The molecule has 16 heavy (non-hydrogen) atoms. The summed E-state index contributed by atoms with van der Waals surface area (Å²) in [6.45, 7) is 5.70. The van der Waals surface area contributed by atoms with Gasteiger partial charge >= 0.3 is 0 Å². The molecule has 0 aliphatic rings. The minimum atomic E-state index is -0.282. The molecule has 1 aromatic carbocycles. The molecule has 0 aliphatic carbocycles. The number of benzene rings is 1. The Hall–Kier alpha value is -1.91. The zero-order chi connectivity index (χ0) is 12.0. The molecule has 0 radical (unpaired) electrons. The monoisotopic (exact) mass is 220 g/mol. The van der Waals surface area contributed by atoms with Crippen LogP contribution in [0.5, 0.6) is 0 Å². The van der Waals surface area contributed by atoms with Crippen LogP contribution in [0.3, 0.4) is 0 Å². The zero-order valence-corrected chi connectivity index (χ0v) is 9.48. The lowest BCUT2D eigenvalue weighted by atomic mass is 10.1. The molecule has 1 heterocycles. The van der Waals surface area contributed by atoms with Crippen molar-refractivity contribution in [3.8, 4) is 11.4 Å². The predicted molar refractivity (Wildman–Crippen MR) is 59.1 cm³/mol. The number of hydrogen-bond acceptors (Lipinski definition) is 4. The second-order valence-corrected chi connectivity index (χ2v) is 2.83. The molecular formula is C11H13FN4. The Morgan fingerprint density at radius 3 is 2.25 bits per heavy atom. The number of rotatable bonds is 1. The smallest absolute Gasteiger partial charge is 0.203 e. The summed E-state index contributed by atoms with van der Waals surface area (Å²) in [6.07, 6.45) is 1.23. The van der Waals surface area contributed by atoms with E-state index in [4.69, 9.17) is 0 Å². The summed E-state index contributed by atoms with van der Waals surface area (Å²) < 4.78 is 13.2. The molecule has 0 N–H and O–H groups in total. The summed E-state index contributed by atoms with van der Waals surface area (Å²) in [5.74, 6) is 0.0429. The van der Waals surface area contributed by atoms with E-state index < -0.39 is 0 Å². The maximum atomic E-state index is 13.2. The second kappa shape index (κ2) is 5.85. The molecular weight excluding hydrogens is 207 g/mol. The molecule has 0 fully saturated rings. The van der Waals surface area contributed by atoms with Gasteiger partial charge in [0.25, 0.3) is 0 Å². The highest BCUT2D eigenvalue weighted by atomic mass is 19.1. The van der Waals surface area contributed by atoms with Crippen molar-refractivity contribution in [3.63, 3.8) is 0 Å². The number of aromatic nitrogens is 4. The van der Waals surface area contributed by atoms with Gasteiger partial charge in [0.15, 0.2) is 6.33 Å². The fraction of sp³-hybridized carbons (Fsp3) is 0.273. The van der Waals surface area contributed by atoms with Gasteiger partial charge < -0.3 is 0 Å². The molecule has 0 spiro atoms. The first-order valence-electron chi connectivity index (χ1n) is 5.04. The topological polar surface area (TPSA) is 51.6 Å². The third kappa shape index (κ3) is 2.79. The highest BCUT2D eigenvalue weighted by Gasteiger charge is 2.04. The first kappa shape index (κ1) is 12.2. The molecule has 2 rings (SSSR count). The Morgan fingerprint density at radius 2 is 1.69 bits per heavy atom. The summed E-state index contributed by atoms with van der Waals surface area (Å²) in [5.41, 5.74) is 1.17. The molecule has 0 saturated heterocycles. The lowest BCUT2D eigenvalue weighted by molar-refractivity contribution is 0.618. The van der Waals surface area contributed by atoms with Crippen LogP contribution in [-0.2, 0) is 0 Å². The van der Waals surface area contributed by atoms with E-state index in [9.17, 15) is 4.39 Å². The van der Waals surface area contributed by atoms with Gasteiger partial charge in [0.2, 0.25) is 5.82 Å². The van der Waals surface area contributed by atoms with Crippen LogP contribution in [0.15, 0.2) is 24.5 Å². The zero-order valence-electron chi connectivity index (χ0n) is 9.48. The standard InChI is InChI=1S/C9H7FN4.C2H6/c1-6-2-3-7(4-8(6)10)9-13-11-5-12-14-9;1-2/h2-5H,1H3;1-2H3. The van der Waals surface area contributed by atoms with E-state index in [0.717, 1.165) is 0 Å². The first-order valence-corrected chi connectivity index (χ1v) is 5.04. The molecule has 2 aromatic rings. The van der Waals surface area contributed by atoms with Gasteiger partial charge in [-0.15, -0.1) is 20.4 Å². The van der Waals surface area contributed by atoms with Crippen molar-refractivity contribution in [3.05, 3.63) is 35.9 Å². The van der Waals surface area contributed by atoms with Crippen LogP contribution in [0.4, 0.5) is 4.39 Å². The summed E-state index contributed by atoms with van der Waals surface area (Å²) in [5, 5.41) is 14.6. The summed E-state index contributed by atoms with van der Waals surface area (Å²) in [6, 6.07) is 4.77. The van der Waals surface area contributed by atoms with E-state index in [1.165, 1.54) is 12.4 Å². The SMILES string of the molecule is CC.Cc1ccc(-c2nncnn2)cc1F. The van der Waals surface area contributed by atoms with Gasteiger partial charge in [0.1, 0.15) is 5.82 Å². The predicted octanol–water partition coefficient (Wildman–Crippen LogP) is 2.41. The highest BCUT2D eigenvalue weighted by Crippen LogP contribution is 2.16. The van der Waals surface area contributed by atoms with Crippen molar-refractivity contribution in [2.24, 2.45) is 0 Å². The second-order valence-electron chi connectivity index (χ2n) is 2.83. The third-order valence-corrected chi connectivity index (χ3v) is 1.84. The molecule has 4 nitrogen and oxygen atoms in total. The van der Waals surface area contributed by atoms with Crippen molar-refractivity contribution >= 4 is 0 Å². The lowest BCUT2D eigenvalue weighted by Gasteiger charge is -1.99. The van der Waals surface area contributed by atoms with Crippen LogP contribution < -0.4 is 0 Å². The van der Waals surface area contributed by atoms with Gasteiger partial charge in [-0.3, -0.25) is 0 Å². The van der Waals surface area contributed by atoms with Gasteiger partial charge in [-0.25, -0.2) is 4.39 Å². The van der Waals surface area contributed by atoms with Crippen molar-refractivity contribution < 1.29 is 4.39 Å². The average Bonchev–Trinajstić information content (AvgIpc) is 2.36. The molecule has 0 atom stereocenters. The van der Waals surface area contributed by atoms with Crippen molar-refractivity contribution in [1.29, 1.82) is 0 Å². The van der Waals surface area contributed by atoms with E-state index in [-0.39, 0.29) is 5.82 Å². The number of nitrogens with zero attached hydrogens (tertiary/aromatic N) is 4. The summed E-state index contributed by atoms with van der Waals surface area (Å²) in [7, 11) is 0. The number of halogens is 1. The molecule has 0 aliphatic heterocycles. The van der Waals surface area contributed by atoms with Crippen LogP contribution in [0, 0.1) is 12.7 Å². The maximum Gasteiger partial charge on any atom is 0.203 e. The van der Waals surface area contributed by atoms with Gasteiger partial charge in [0, 0.05) is 5.56 Å². The van der Waals surface area contributed by atoms with Crippen LogP contribution >= 0.6 is 0 Å². The Labute approximate surface area is 93.6 Å². The molecule has 84 valence electrons. The molecule has 0 amide bonds. The Balaban J connectivity index is 0.000000606. The minimum Gasteiger partial charge on any atom is -0.207 e. The van der Waals surface area contributed by atoms with Gasteiger partial charge in [-0.2, -0.15) is 0 Å². The van der Waals surface area contributed by atoms with E-state index >= 15 is 0 Å². The lowest BCUT2D eigenvalue weighted by Crippen LogP contribution is -1.94. The maximum absolute atomic E-state index is 13.2. The molecule has 0 saturated carbocycles. The molecule has 1 aromatic heterocycles. The van der Waals surface area contributed by atoms with E-state index in [0.29, 0.717) is 17.0 Å². The first-order chi connectivity index (χ1) is 7.77. The van der Waals surface area contributed by atoms with Crippen molar-refractivity contribution in [2.75, 3.05) is 0 Å². The quantitative estimate of drug-likeness (QED) is 0.740. The average molecular weight is 220 g/mol. The van der Waals surface area contributed by atoms with Gasteiger partial charge in [-0.05, 0) is 18.6 Å². The number of aryl methyl sites for hydroxylation is 1. The minimum absolute atomic E-state index is 0.282. The largest absolute Gasteiger partial charge is 0.207 e. The van der Waals surface area contributed by atoms with E-state index in [1.807, 2.05) is 13.8 Å². The van der Waals surface area contributed by atoms with Gasteiger partial charge in [-0.1, -0.05) is 26.0 Å². The fourth-order valence-corrected chi connectivity index (χ4v) is 1.05. The number of hydrogen-bond donors (Lipinski definition) is 0. The molecule has 0 unspecified atom stereocenters. The third-order valence-electron chi connectivity index (χ3n) is 1.84. The Morgan fingerprint density at radius 1 is 1.06 bits per heavy atom. The van der Waals surface area contributed by atoms with Crippen molar-refractivity contribution in [2.45, 2.75) is 20.8 Å². The molecule has 5 heteroatoms. The Kier molecular flexibility index (Phi) is 4.44. The summed E-state index contributed by atoms with van der Waals surface area (Å²) in [4.78, 5) is 0. The van der Waals surface area contributed by atoms with Crippen LogP contribution in [0.25, 0.3) is 11.4 Å². The van der Waals surface area contributed by atoms with Crippen LogP contribution in [0.1, 0.15) is 19.4 Å². The highest BCUT2D eigenvalue weighted by molar-refractivity contribution is 5.54. The van der Waals surface area contributed by atoms with Crippen LogP contribution in [0.2, 0.25) is 0 Å². The fourth-order valence-electron chi connectivity index (χ4n) is 1.05. The normalized spacial score (nSPS) is 9.25. The molecule has 0 bridgehead atoms. The van der Waals surface area contributed by atoms with Gasteiger partial charge in [0.05, 0.1) is 0 Å². The van der Waals surface area contributed by atoms with Crippen molar-refractivity contribution in [1.82, 2.24) is 20.4 Å². The summed E-state index contributed by atoms with van der Waals surface area (Å²) >= 11 is 0.